The van der Waals surface area contributed by atoms with Crippen LogP contribution >= 0.6 is 0 Å². The molecule has 8 heteroatoms. The van der Waals surface area contributed by atoms with Crippen molar-refractivity contribution in [1.29, 1.82) is 5.41 Å². The van der Waals surface area contributed by atoms with E-state index in [4.69, 9.17) is 10.1 Å². The first-order valence-corrected chi connectivity index (χ1v) is 12.6. The standard InChI is InChI=1S/C27H40BFN4O2/c1-6-33(7-2)17-9-10-19(3)31-27(30)32-26(34)23-11-8-12-24(29)22(23)15-13-20-18-21(28-4)14-16-25(20)35-5/h8,11-12,14,16,18-19,28H,6-7,9-10,13,15,17H2,1-5H3,(H3,30,31,32,34). The number of carbonyl (C=O) groups excluding carboxylic acids is 1. The Labute approximate surface area is 210 Å². The third-order valence-electron chi connectivity index (χ3n) is 6.40. The monoisotopic (exact) mass is 482 g/mol. The first kappa shape index (κ1) is 28.4. The van der Waals surface area contributed by atoms with Crippen LogP contribution in [0.1, 0.15) is 55.1 Å². The Kier molecular flexibility index (Phi) is 11.8. The first-order chi connectivity index (χ1) is 16.8. The minimum absolute atomic E-state index is 0.0450. The van der Waals surface area contributed by atoms with Crippen LogP contribution in [-0.2, 0) is 12.8 Å². The molecule has 2 aromatic rings. The molecule has 3 N–H and O–H groups in total. The summed E-state index contributed by atoms with van der Waals surface area (Å²) in [6.07, 6.45) is 2.78. The molecule has 1 amide bonds. The predicted octanol–water partition coefficient (Wildman–Crippen LogP) is 3.49. The fourth-order valence-corrected chi connectivity index (χ4v) is 4.23. The summed E-state index contributed by atoms with van der Waals surface area (Å²) in [4.78, 5) is 15.3. The van der Waals surface area contributed by atoms with Gasteiger partial charge in [0.1, 0.15) is 11.6 Å². The number of hydrogen-bond donors (Lipinski definition) is 3. The summed E-state index contributed by atoms with van der Waals surface area (Å²) in [5.74, 6) is -0.225. The number of carbonyl (C=O) groups is 1. The van der Waals surface area contributed by atoms with E-state index in [2.05, 4.69) is 42.3 Å². The van der Waals surface area contributed by atoms with Crippen molar-refractivity contribution in [1.82, 2.24) is 15.5 Å². The summed E-state index contributed by atoms with van der Waals surface area (Å²) in [5.41, 5.74) is 2.75. The Hall–Kier alpha value is -2.87. The molecular formula is C27H40BFN4O2. The van der Waals surface area contributed by atoms with Crippen LogP contribution < -0.4 is 20.8 Å². The smallest absolute Gasteiger partial charge is 0.258 e. The number of guanidine groups is 1. The minimum Gasteiger partial charge on any atom is -0.496 e. The number of aryl methyl sites for hydroxylation is 1. The molecule has 0 aliphatic heterocycles. The molecule has 1 unspecified atom stereocenters. The molecule has 0 aliphatic rings. The van der Waals surface area contributed by atoms with Gasteiger partial charge in [-0.3, -0.25) is 15.5 Å². The second kappa shape index (κ2) is 14.5. The topological polar surface area (TPSA) is 77.4 Å². The summed E-state index contributed by atoms with van der Waals surface area (Å²) in [6, 6.07) is 10.6. The van der Waals surface area contributed by atoms with Crippen LogP contribution in [0.5, 0.6) is 5.75 Å². The lowest BCUT2D eigenvalue weighted by molar-refractivity contribution is 0.0974. The SMILES string of the molecule is CBc1ccc(OC)c(CCc2c(F)cccc2C(=O)NC(=N)NC(C)CCCN(CC)CC)c1. The zero-order chi connectivity index (χ0) is 25.8. The maximum atomic E-state index is 14.8. The Balaban J connectivity index is 2.01. The van der Waals surface area contributed by atoms with Crippen molar-refractivity contribution < 1.29 is 13.9 Å². The lowest BCUT2D eigenvalue weighted by Crippen LogP contribution is -2.44. The summed E-state index contributed by atoms with van der Waals surface area (Å²) in [7, 11) is 2.52. The first-order valence-electron chi connectivity index (χ1n) is 12.6. The van der Waals surface area contributed by atoms with Gasteiger partial charge < -0.3 is 15.0 Å². The maximum absolute atomic E-state index is 14.8. The van der Waals surface area contributed by atoms with Gasteiger partial charge in [-0.15, -0.1) is 0 Å². The van der Waals surface area contributed by atoms with Gasteiger partial charge in [-0.05, 0) is 76.0 Å². The Morgan fingerprint density at radius 1 is 1.20 bits per heavy atom. The number of hydrogen-bond acceptors (Lipinski definition) is 4. The van der Waals surface area contributed by atoms with E-state index in [1.807, 2.05) is 19.1 Å². The number of amides is 1. The van der Waals surface area contributed by atoms with Crippen molar-refractivity contribution in [2.75, 3.05) is 26.7 Å². The summed E-state index contributed by atoms with van der Waals surface area (Å²) >= 11 is 0. The lowest BCUT2D eigenvalue weighted by atomic mass is 9.72. The summed E-state index contributed by atoms with van der Waals surface area (Å²) < 4.78 is 20.2. The van der Waals surface area contributed by atoms with E-state index in [9.17, 15) is 9.18 Å². The van der Waals surface area contributed by atoms with Crippen molar-refractivity contribution in [3.63, 3.8) is 0 Å². The van der Waals surface area contributed by atoms with E-state index in [0.717, 1.165) is 51.1 Å². The highest BCUT2D eigenvalue weighted by molar-refractivity contribution is 6.51. The quantitative estimate of drug-likeness (QED) is 0.232. The Morgan fingerprint density at radius 3 is 2.60 bits per heavy atom. The zero-order valence-electron chi connectivity index (χ0n) is 21.8. The number of methoxy groups -OCH3 is 1. The number of nitrogens with one attached hydrogen (secondary N) is 3. The summed E-state index contributed by atoms with van der Waals surface area (Å²) in [6.45, 7) is 11.4. The van der Waals surface area contributed by atoms with Crippen LogP contribution in [0.4, 0.5) is 4.39 Å². The van der Waals surface area contributed by atoms with E-state index >= 15 is 0 Å². The predicted molar refractivity (Wildman–Crippen MR) is 144 cm³/mol. The van der Waals surface area contributed by atoms with Crippen molar-refractivity contribution in [2.24, 2.45) is 0 Å². The van der Waals surface area contributed by atoms with E-state index in [-0.39, 0.29) is 17.6 Å². The molecule has 0 bridgehead atoms. The summed E-state index contributed by atoms with van der Waals surface area (Å²) in [5, 5.41) is 13.8. The second-order valence-corrected chi connectivity index (χ2v) is 8.81. The van der Waals surface area contributed by atoms with Crippen LogP contribution in [0, 0.1) is 11.2 Å². The van der Waals surface area contributed by atoms with Crippen LogP contribution in [0.25, 0.3) is 0 Å². The molecule has 0 aliphatic carbocycles. The molecule has 2 aromatic carbocycles. The molecule has 0 saturated carbocycles. The van der Waals surface area contributed by atoms with Gasteiger partial charge in [0.25, 0.3) is 5.91 Å². The van der Waals surface area contributed by atoms with Gasteiger partial charge in [0, 0.05) is 17.2 Å². The van der Waals surface area contributed by atoms with Crippen molar-refractivity contribution in [2.45, 2.75) is 59.3 Å². The molecule has 0 radical (unpaired) electrons. The highest BCUT2D eigenvalue weighted by Gasteiger charge is 2.18. The normalized spacial score (nSPS) is 11.7. The van der Waals surface area contributed by atoms with Crippen molar-refractivity contribution in [3.8, 4) is 5.75 Å². The van der Waals surface area contributed by atoms with Gasteiger partial charge >= 0.3 is 0 Å². The fourth-order valence-electron chi connectivity index (χ4n) is 4.23. The van der Waals surface area contributed by atoms with Crippen LogP contribution in [0.15, 0.2) is 36.4 Å². The molecule has 6 nitrogen and oxygen atoms in total. The Morgan fingerprint density at radius 2 is 1.94 bits per heavy atom. The molecule has 0 heterocycles. The third-order valence-corrected chi connectivity index (χ3v) is 6.40. The van der Waals surface area contributed by atoms with Gasteiger partial charge in [-0.25, -0.2) is 4.39 Å². The molecule has 190 valence electrons. The van der Waals surface area contributed by atoms with Crippen molar-refractivity contribution >= 4 is 24.6 Å². The van der Waals surface area contributed by atoms with E-state index in [0.29, 0.717) is 18.4 Å². The van der Waals surface area contributed by atoms with Gasteiger partial charge in [-0.2, -0.15) is 0 Å². The average molecular weight is 482 g/mol. The molecule has 0 aromatic heterocycles. The zero-order valence-corrected chi connectivity index (χ0v) is 21.8. The number of rotatable bonds is 13. The van der Waals surface area contributed by atoms with Gasteiger partial charge in [-0.1, -0.05) is 44.3 Å². The molecule has 1 atom stereocenters. The number of nitrogens with zero attached hydrogens (tertiary/aromatic N) is 1. The van der Waals surface area contributed by atoms with Gasteiger partial charge in [0.2, 0.25) is 0 Å². The van der Waals surface area contributed by atoms with Gasteiger partial charge in [0.05, 0.1) is 7.11 Å². The third kappa shape index (κ3) is 8.69. The van der Waals surface area contributed by atoms with E-state index in [1.165, 1.54) is 17.6 Å². The molecule has 0 saturated heterocycles. The van der Waals surface area contributed by atoms with E-state index in [1.54, 1.807) is 13.2 Å². The molecule has 0 spiro atoms. The largest absolute Gasteiger partial charge is 0.496 e. The number of benzene rings is 2. The number of ether oxygens (including phenoxy) is 1. The molecule has 2 rings (SSSR count). The van der Waals surface area contributed by atoms with Gasteiger partial charge in [0.15, 0.2) is 13.2 Å². The highest BCUT2D eigenvalue weighted by Crippen LogP contribution is 2.21. The van der Waals surface area contributed by atoms with Crippen molar-refractivity contribution in [3.05, 3.63) is 58.9 Å². The molecular weight excluding hydrogens is 442 g/mol. The van der Waals surface area contributed by atoms with Crippen LogP contribution in [0.3, 0.4) is 0 Å². The lowest BCUT2D eigenvalue weighted by Gasteiger charge is -2.20. The second-order valence-electron chi connectivity index (χ2n) is 8.81. The molecule has 35 heavy (non-hydrogen) atoms. The highest BCUT2D eigenvalue weighted by atomic mass is 19.1. The van der Waals surface area contributed by atoms with Crippen LogP contribution in [-0.4, -0.2) is 56.8 Å². The molecule has 0 fully saturated rings. The van der Waals surface area contributed by atoms with E-state index < -0.39 is 11.7 Å². The Bertz CT molecular complexity index is 982. The minimum atomic E-state index is -0.485. The van der Waals surface area contributed by atoms with Crippen LogP contribution in [0.2, 0.25) is 6.82 Å². The average Bonchev–Trinajstić information content (AvgIpc) is 2.85. The fraction of sp³-hybridized carbons (Fsp3) is 0.481. The number of halogens is 1. The maximum Gasteiger partial charge on any atom is 0.258 e.